The van der Waals surface area contributed by atoms with Gasteiger partial charge in [0.15, 0.2) is 0 Å². The Labute approximate surface area is 221 Å². The second-order valence-electron chi connectivity index (χ2n) is 7.10. The van der Waals surface area contributed by atoms with Crippen LogP contribution in [-0.2, 0) is 10.0 Å². The van der Waals surface area contributed by atoms with Gasteiger partial charge in [-0.3, -0.25) is 4.79 Å². The number of rotatable bonds is 5. The average molecular weight is 618 g/mol. The van der Waals surface area contributed by atoms with E-state index in [1.54, 1.807) is 19.2 Å². The number of aromatic nitrogens is 1. The maximum absolute atomic E-state index is 12.8. The molecule has 35 heavy (non-hydrogen) atoms. The van der Waals surface area contributed by atoms with Crippen molar-refractivity contribution in [2.24, 2.45) is 0 Å². The highest BCUT2D eigenvalue weighted by molar-refractivity contribution is 9.10. The molecule has 0 saturated heterocycles. The number of nitrogens with zero attached hydrogens (tertiary/aromatic N) is 1. The number of hydrogen-bond acceptors (Lipinski definition) is 7. The SMILES string of the molecule is CNc1cc2cc(=O)n(-c3ccc(NC(=O)NS(=O)(=O)c4ccc(Cl)s4)cc3Cl)c(O)c2cc1Br. The molecule has 0 aliphatic heterocycles. The molecule has 4 N–H and O–H groups in total. The molecule has 0 atom stereocenters. The zero-order valence-corrected chi connectivity index (χ0v) is 22.3. The number of sulfonamides is 1. The number of pyridine rings is 1. The van der Waals surface area contributed by atoms with Gasteiger partial charge in [0, 0.05) is 34.3 Å². The number of aromatic hydroxyl groups is 1. The molecule has 0 aliphatic carbocycles. The van der Waals surface area contributed by atoms with Gasteiger partial charge in [-0.25, -0.2) is 22.5 Å². The fraction of sp³-hybridized carbons (Fsp3) is 0.0476. The predicted octanol–water partition coefficient (Wildman–Crippen LogP) is 5.38. The number of hydrogen-bond donors (Lipinski definition) is 4. The average Bonchev–Trinajstić information content (AvgIpc) is 3.22. The van der Waals surface area contributed by atoms with Crippen molar-refractivity contribution in [3.63, 3.8) is 0 Å². The Morgan fingerprint density at radius 3 is 2.49 bits per heavy atom. The Hall–Kier alpha value is -2.77. The summed E-state index contributed by atoms with van der Waals surface area (Å²) in [6.45, 7) is 0. The van der Waals surface area contributed by atoms with Crippen LogP contribution >= 0.6 is 50.5 Å². The lowest BCUT2D eigenvalue weighted by atomic mass is 10.1. The molecule has 2 aromatic carbocycles. The van der Waals surface area contributed by atoms with Crippen molar-refractivity contribution in [2.45, 2.75) is 4.21 Å². The summed E-state index contributed by atoms with van der Waals surface area (Å²) >= 11 is 16.3. The molecule has 14 heteroatoms. The molecule has 2 amide bonds. The number of carbonyl (C=O) groups excluding carboxylic acids is 1. The van der Waals surface area contributed by atoms with Crippen molar-refractivity contribution in [3.8, 4) is 11.6 Å². The molecule has 0 radical (unpaired) electrons. The van der Waals surface area contributed by atoms with Crippen LogP contribution in [0.4, 0.5) is 16.2 Å². The monoisotopic (exact) mass is 616 g/mol. The Morgan fingerprint density at radius 2 is 1.86 bits per heavy atom. The largest absolute Gasteiger partial charge is 0.494 e. The molecule has 0 bridgehead atoms. The van der Waals surface area contributed by atoms with Crippen LogP contribution in [0.15, 0.2) is 62.0 Å². The maximum atomic E-state index is 12.8. The first kappa shape index (κ1) is 25.3. The summed E-state index contributed by atoms with van der Waals surface area (Å²) < 4.78 is 28.3. The number of urea groups is 1. The van der Waals surface area contributed by atoms with Gasteiger partial charge in [0.25, 0.3) is 15.6 Å². The van der Waals surface area contributed by atoms with Gasteiger partial charge in [-0.05, 0) is 63.8 Å². The van der Waals surface area contributed by atoms with Gasteiger partial charge in [-0.15, -0.1) is 11.3 Å². The maximum Gasteiger partial charge on any atom is 0.333 e. The zero-order chi connectivity index (χ0) is 25.5. The lowest BCUT2D eigenvalue weighted by molar-refractivity contribution is 0.256. The topological polar surface area (TPSA) is 130 Å². The number of amides is 2. The number of benzene rings is 2. The molecular weight excluding hydrogens is 603 g/mol. The van der Waals surface area contributed by atoms with Crippen molar-refractivity contribution in [2.75, 3.05) is 17.7 Å². The third-order valence-corrected chi connectivity index (χ3v) is 8.86. The Morgan fingerprint density at radius 1 is 1.11 bits per heavy atom. The highest BCUT2D eigenvalue weighted by Crippen LogP contribution is 2.34. The summed E-state index contributed by atoms with van der Waals surface area (Å²) in [6, 6.07) is 10.6. The van der Waals surface area contributed by atoms with Gasteiger partial charge >= 0.3 is 6.03 Å². The van der Waals surface area contributed by atoms with Crippen molar-refractivity contribution >= 4 is 88.7 Å². The molecule has 0 aliphatic rings. The Bertz CT molecular complexity index is 1650. The number of nitrogens with one attached hydrogen (secondary N) is 3. The second kappa shape index (κ2) is 9.70. The first-order chi connectivity index (χ1) is 16.5. The minimum absolute atomic E-state index is 0.0263. The van der Waals surface area contributed by atoms with Gasteiger partial charge in [0.2, 0.25) is 5.88 Å². The second-order valence-corrected chi connectivity index (χ2v) is 12.0. The summed E-state index contributed by atoms with van der Waals surface area (Å²) in [6.07, 6.45) is 0. The fourth-order valence-electron chi connectivity index (χ4n) is 3.29. The molecule has 182 valence electrons. The molecule has 2 heterocycles. The molecule has 0 saturated carbocycles. The quantitative estimate of drug-likeness (QED) is 0.238. The van der Waals surface area contributed by atoms with Crippen LogP contribution in [0.5, 0.6) is 5.88 Å². The van der Waals surface area contributed by atoms with E-state index in [9.17, 15) is 23.1 Å². The molecular formula is C21H15BrCl2N4O5S2. The van der Waals surface area contributed by atoms with Crippen LogP contribution < -0.4 is 20.9 Å². The van der Waals surface area contributed by atoms with Gasteiger partial charge in [0.1, 0.15) is 4.21 Å². The van der Waals surface area contributed by atoms with E-state index in [-0.39, 0.29) is 30.8 Å². The summed E-state index contributed by atoms with van der Waals surface area (Å²) in [5.74, 6) is -0.322. The zero-order valence-electron chi connectivity index (χ0n) is 17.6. The van der Waals surface area contributed by atoms with Gasteiger partial charge in [-0.2, -0.15) is 0 Å². The molecule has 9 nitrogen and oxygen atoms in total. The minimum Gasteiger partial charge on any atom is -0.494 e. The first-order valence-electron chi connectivity index (χ1n) is 9.65. The fourth-order valence-corrected chi connectivity index (χ4v) is 6.48. The standard InChI is InChI=1S/C21H15BrCl2N4O5S2/c1-25-15-6-10-7-18(29)28(20(30)12(10)9-13(15)22)16-3-2-11(8-14(16)23)26-21(31)27-35(32,33)19-5-4-17(24)34-19/h2-9,25,30H,1H3,(H2,26,27,31). The van der Waals surface area contributed by atoms with Crippen molar-refractivity contribution < 1.29 is 18.3 Å². The van der Waals surface area contributed by atoms with Crippen molar-refractivity contribution in [1.82, 2.24) is 9.29 Å². The van der Waals surface area contributed by atoms with Gasteiger partial charge < -0.3 is 15.7 Å². The predicted molar refractivity (Wildman–Crippen MR) is 142 cm³/mol. The van der Waals surface area contributed by atoms with Crippen molar-refractivity contribution in [3.05, 3.63) is 72.7 Å². The lowest BCUT2D eigenvalue weighted by Crippen LogP contribution is -2.33. The number of thiophene rings is 1. The lowest BCUT2D eigenvalue weighted by Gasteiger charge is -2.15. The number of carbonyl (C=O) groups is 1. The van der Waals surface area contributed by atoms with E-state index >= 15 is 0 Å². The van der Waals surface area contributed by atoms with Crippen LogP contribution in [0.1, 0.15) is 0 Å². The summed E-state index contributed by atoms with van der Waals surface area (Å²) in [5.41, 5.74) is 0.535. The smallest absolute Gasteiger partial charge is 0.333 e. The summed E-state index contributed by atoms with van der Waals surface area (Å²) in [7, 11) is -2.38. The van der Waals surface area contributed by atoms with Crippen LogP contribution in [-0.4, -0.2) is 31.2 Å². The van der Waals surface area contributed by atoms with E-state index in [0.717, 1.165) is 21.6 Å². The third kappa shape index (κ3) is 5.11. The summed E-state index contributed by atoms with van der Waals surface area (Å²) in [5, 5.41) is 17.2. The number of halogens is 3. The van der Waals surface area contributed by atoms with Gasteiger partial charge in [-0.1, -0.05) is 23.2 Å². The van der Waals surface area contributed by atoms with E-state index in [0.29, 0.717) is 15.2 Å². The van der Waals surface area contributed by atoms with Gasteiger partial charge in [0.05, 0.1) is 15.0 Å². The van der Waals surface area contributed by atoms with E-state index in [2.05, 4.69) is 26.6 Å². The van der Waals surface area contributed by atoms with Crippen molar-refractivity contribution in [1.29, 1.82) is 0 Å². The molecule has 0 unspecified atom stereocenters. The summed E-state index contributed by atoms with van der Waals surface area (Å²) in [4.78, 5) is 25.0. The molecule has 4 aromatic rings. The molecule has 4 rings (SSSR count). The first-order valence-corrected chi connectivity index (χ1v) is 13.5. The van der Waals surface area contributed by atoms with Crippen LogP contribution in [0.2, 0.25) is 9.36 Å². The van der Waals surface area contributed by atoms with E-state index in [1.807, 2.05) is 4.72 Å². The number of fused-ring (bicyclic) bond motifs is 1. The normalized spacial score (nSPS) is 11.4. The molecule has 0 fully saturated rings. The molecule has 0 spiro atoms. The van der Waals surface area contributed by atoms with E-state index < -0.39 is 21.6 Å². The third-order valence-electron chi connectivity index (χ3n) is 4.85. The highest BCUT2D eigenvalue weighted by atomic mass is 79.9. The van der Waals surface area contributed by atoms with Crippen LogP contribution in [0.25, 0.3) is 16.5 Å². The van der Waals surface area contributed by atoms with Crippen LogP contribution in [0.3, 0.4) is 0 Å². The van der Waals surface area contributed by atoms with E-state index in [1.165, 1.54) is 36.4 Å². The number of anilines is 2. The minimum atomic E-state index is -4.11. The highest BCUT2D eigenvalue weighted by Gasteiger charge is 2.20. The van der Waals surface area contributed by atoms with E-state index in [4.69, 9.17) is 23.2 Å². The van der Waals surface area contributed by atoms with Crippen LogP contribution in [0, 0.1) is 0 Å². The Kier molecular flexibility index (Phi) is 7.02. The Balaban J connectivity index is 1.63. The molecule has 2 aromatic heterocycles.